The van der Waals surface area contributed by atoms with E-state index in [1.54, 1.807) is 11.9 Å². The number of benzene rings is 1. The normalized spacial score (nSPS) is 19.9. The van der Waals surface area contributed by atoms with Crippen LogP contribution in [0.3, 0.4) is 0 Å². The molecule has 34 heavy (non-hydrogen) atoms. The highest BCUT2D eigenvalue weighted by Crippen LogP contribution is 2.26. The van der Waals surface area contributed by atoms with E-state index in [-0.39, 0.29) is 23.9 Å². The lowest BCUT2D eigenvalue weighted by Crippen LogP contribution is -2.61. The molecule has 0 saturated carbocycles. The number of hydrogen-bond donors (Lipinski definition) is 2. The van der Waals surface area contributed by atoms with Gasteiger partial charge in [-0.3, -0.25) is 24.1 Å². The summed E-state index contributed by atoms with van der Waals surface area (Å²) in [5.41, 5.74) is -1.63. The van der Waals surface area contributed by atoms with Crippen molar-refractivity contribution >= 4 is 11.8 Å². The number of nitrogens with zero attached hydrogens (tertiary/aromatic N) is 3. The van der Waals surface area contributed by atoms with Gasteiger partial charge < -0.3 is 20.1 Å². The minimum Gasteiger partial charge on any atom is -0.502 e. The van der Waals surface area contributed by atoms with Crippen LogP contribution in [0.15, 0.2) is 29.2 Å². The number of nitrogens with one attached hydrogen (secondary N) is 1. The molecule has 4 rings (SSSR count). The standard InChI is InChI=1S/C23H26F2N4O5/c1-3-27-13(2)28(11-16-5-4-8-34-16)29-12-17(20(30)21(31)19(29)23(27)33)22(32)26-10-14-6-7-15(24)9-18(14)25/h6-7,9,12-13,16,31H,3-5,8,10-11H2,1-2H3,(H,26,32)/t13-,16-/m0/s1. The molecule has 182 valence electrons. The molecule has 2 aliphatic rings. The van der Waals surface area contributed by atoms with E-state index in [2.05, 4.69) is 5.32 Å². The van der Waals surface area contributed by atoms with Crippen LogP contribution in [0.2, 0.25) is 0 Å². The van der Waals surface area contributed by atoms with E-state index in [1.807, 2.05) is 6.92 Å². The van der Waals surface area contributed by atoms with Gasteiger partial charge in [0.15, 0.2) is 11.4 Å². The molecule has 1 aromatic carbocycles. The Morgan fingerprint density at radius 1 is 1.29 bits per heavy atom. The highest BCUT2D eigenvalue weighted by Gasteiger charge is 2.39. The van der Waals surface area contributed by atoms with Crippen molar-refractivity contribution in [1.29, 1.82) is 0 Å². The third-order valence-electron chi connectivity index (χ3n) is 6.24. The van der Waals surface area contributed by atoms with Crippen molar-refractivity contribution in [2.24, 2.45) is 0 Å². The lowest BCUT2D eigenvalue weighted by molar-refractivity contribution is 0.0541. The van der Waals surface area contributed by atoms with E-state index in [4.69, 9.17) is 4.74 Å². The SMILES string of the molecule is CCN1C(=O)c2c(O)c(=O)c(C(=O)NCc3ccc(F)cc3F)cn2N(C[C@@H]2CCCO2)[C@H]1C. The first-order valence-corrected chi connectivity index (χ1v) is 11.1. The number of ether oxygens (including phenoxy) is 1. The summed E-state index contributed by atoms with van der Waals surface area (Å²) in [6, 6.07) is 2.93. The first kappa shape index (κ1) is 23.7. The van der Waals surface area contributed by atoms with Gasteiger partial charge in [0.2, 0.25) is 5.43 Å². The molecule has 0 aliphatic carbocycles. The fourth-order valence-corrected chi connectivity index (χ4v) is 4.38. The van der Waals surface area contributed by atoms with Gasteiger partial charge in [0.05, 0.1) is 12.6 Å². The Bertz CT molecular complexity index is 1180. The number of aromatic nitrogens is 1. The van der Waals surface area contributed by atoms with Crippen molar-refractivity contribution in [2.45, 2.75) is 45.5 Å². The van der Waals surface area contributed by atoms with Crippen molar-refractivity contribution in [3.05, 3.63) is 63.1 Å². The summed E-state index contributed by atoms with van der Waals surface area (Å²) in [6.45, 7) is 4.65. The number of amides is 2. The zero-order chi connectivity index (χ0) is 24.6. The number of carbonyl (C=O) groups is 2. The van der Waals surface area contributed by atoms with E-state index in [0.717, 1.165) is 18.9 Å². The fraction of sp³-hybridized carbons (Fsp3) is 0.435. The van der Waals surface area contributed by atoms with Gasteiger partial charge in [-0.1, -0.05) is 6.07 Å². The van der Waals surface area contributed by atoms with Crippen LogP contribution in [0.5, 0.6) is 5.75 Å². The number of halogens is 2. The molecular weight excluding hydrogens is 450 g/mol. The average Bonchev–Trinajstić information content (AvgIpc) is 3.31. The van der Waals surface area contributed by atoms with Gasteiger partial charge in [0, 0.05) is 37.5 Å². The Morgan fingerprint density at radius 3 is 2.71 bits per heavy atom. The average molecular weight is 476 g/mol. The van der Waals surface area contributed by atoms with E-state index >= 15 is 0 Å². The molecule has 2 atom stereocenters. The van der Waals surface area contributed by atoms with E-state index in [1.165, 1.54) is 21.8 Å². The second kappa shape index (κ2) is 9.41. The largest absolute Gasteiger partial charge is 0.502 e. The predicted octanol–water partition coefficient (Wildman–Crippen LogP) is 1.70. The molecule has 2 N–H and O–H groups in total. The van der Waals surface area contributed by atoms with Gasteiger partial charge >= 0.3 is 0 Å². The summed E-state index contributed by atoms with van der Waals surface area (Å²) in [7, 11) is 0. The Labute approximate surface area is 194 Å². The van der Waals surface area contributed by atoms with Crippen LogP contribution in [0.1, 0.15) is 53.1 Å². The maximum Gasteiger partial charge on any atom is 0.278 e. The first-order valence-electron chi connectivity index (χ1n) is 11.1. The number of fused-ring (bicyclic) bond motifs is 1. The zero-order valence-corrected chi connectivity index (χ0v) is 18.9. The molecule has 3 heterocycles. The maximum atomic E-state index is 13.9. The Morgan fingerprint density at radius 2 is 2.06 bits per heavy atom. The fourth-order valence-electron chi connectivity index (χ4n) is 4.38. The summed E-state index contributed by atoms with van der Waals surface area (Å²) >= 11 is 0. The third kappa shape index (κ3) is 4.23. The van der Waals surface area contributed by atoms with Crippen LogP contribution in [0, 0.1) is 11.6 Å². The minimum absolute atomic E-state index is 0.0273. The maximum absolute atomic E-state index is 13.9. The van der Waals surface area contributed by atoms with Crippen LogP contribution in [0.25, 0.3) is 0 Å². The Kier molecular flexibility index (Phi) is 6.56. The third-order valence-corrected chi connectivity index (χ3v) is 6.24. The molecule has 0 bridgehead atoms. The Balaban J connectivity index is 1.69. The van der Waals surface area contributed by atoms with Crippen LogP contribution in [-0.4, -0.2) is 58.5 Å². The summed E-state index contributed by atoms with van der Waals surface area (Å²) in [6.07, 6.45) is 2.40. The highest BCUT2D eigenvalue weighted by atomic mass is 19.1. The van der Waals surface area contributed by atoms with Gasteiger partial charge in [-0.25, -0.2) is 8.78 Å². The van der Waals surface area contributed by atoms with Crippen molar-refractivity contribution in [3.8, 4) is 5.75 Å². The van der Waals surface area contributed by atoms with Gasteiger partial charge in [-0.2, -0.15) is 0 Å². The van der Waals surface area contributed by atoms with Crippen LogP contribution < -0.4 is 15.8 Å². The Hall–Kier alpha value is -3.47. The van der Waals surface area contributed by atoms with Crippen LogP contribution >= 0.6 is 0 Å². The number of rotatable bonds is 6. The summed E-state index contributed by atoms with van der Waals surface area (Å²) < 4.78 is 34.1. The zero-order valence-electron chi connectivity index (χ0n) is 18.9. The predicted molar refractivity (Wildman–Crippen MR) is 118 cm³/mol. The topological polar surface area (TPSA) is 104 Å². The monoisotopic (exact) mass is 476 g/mol. The van der Waals surface area contributed by atoms with Crippen LogP contribution in [-0.2, 0) is 11.3 Å². The van der Waals surface area contributed by atoms with Crippen molar-refractivity contribution < 1.29 is 28.2 Å². The number of carbonyl (C=O) groups excluding carboxylic acids is 2. The molecule has 2 aliphatic heterocycles. The lowest BCUT2D eigenvalue weighted by Gasteiger charge is -2.45. The number of pyridine rings is 1. The molecule has 11 heteroatoms. The quantitative estimate of drug-likeness (QED) is 0.658. The number of hydrogen-bond acceptors (Lipinski definition) is 6. The molecule has 0 radical (unpaired) electrons. The summed E-state index contributed by atoms with van der Waals surface area (Å²) in [5.74, 6) is -3.83. The molecule has 1 aromatic heterocycles. The molecule has 1 fully saturated rings. The van der Waals surface area contributed by atoms with Gasteiger partial charge in [-0.05, 0) is 32.8 Å². The summed E-state index contributed by atoms with van der Waals surface area (Å²) in [5, 5.41) is 14.8. The summed E-state index contributed by atoms with van der Waals surface area (Å²) in [4.78, 5) is 40.2. The van der Waals surface area contributed by atoms with E-state index in [9.17, 15) is 28.3 Å². The second-order valence-corrected chi connectivity index (χ2v) is 8.31. The first-order chi connectivity index (χ1) is 16.2. The van der Waals surface area contributed by atoms with Crippen molar-refractivity contribution in [1.82, 2.24) is 14.9 Å². The number of aromatic hydroxyl groups is 1. The molecule has 9 nitrogen and oxygen atoms in total. The second-order valence-electron chi connectivity index (χ2n) is 8.31. The molecule has 2 aromatic rings. The van der Waals surface area contributed by atoms with Crippen molar-refractivity contribution in [3.63, 3.8) is 0 Å². The van der Waals surface area contributed by atoms with Crippen molar-refractivity contribution in [2.75, 3.05) is 24.7 Å². The molecule has 0 unspecified atom stereocenters. The molecular formula is C23H26F2N4O5. The minimum atomic E-state index is -1.01. The lowest BCUT2D eigenvalue weighted by atomic mass is 10.1. The molecule has 1 saturated heterocycles. The molecule has 2 amide bonds. The van der Waals surface area contributed by atoms with Crippen LogP contribution in [0.4, 0.5) is 8.78 Å². The van der Waals surface area contributed by atoms with Gasteiger partial charge in [0.25, 0.3) is 11.8 Å². The smallest absolute Gasteiger partial charge is 0.278 e. The highest BCUT2D eigenvalue weighted by molar-refractivity contribution is 5.99. The van der Waals surface area contributed by atoms with E-state index < -0.39 is 46.4 Å². The van der Waals surface area contributed by atoms with E-state index in [0.29, 0.717) is 25.8 Å². The van der Waals surface area contributed by atoms with Gasteiger partial charge in [0.1, 0.15) is 23.4 Å². The molecule has 0 spiro atoms. The van der Waals surface area contributed by atoms with Gasteiger partial charge in [-0.15, -0.1) is 0 Å².